The third-order valence-corrected chi connectivity index (χ3v) is 2.24. The fraction of sp³-hybridized carbons (Fsp3) is 0.200. The van der Waals surface area contributed by atoms with Gasteiger partial charge >= 0.3 is 0 Å². The summed E-state index contributed by atoms with van der Waals surface area (Å²) in [6.45, 7) is -0.0679. The Kier molecular flexibility index (Phi) is 2.70. The average Bonchev–Trinajstić information content (AvgIpc) is 2.70. The molecule has 0 spiro atoms. The van der Waals surface area contributed by atoms with E-state index in [9.17, 15) is 4.79 Å². The first-order chi connectivity index (χ1) is 7.24. The Balaban J connectivity index is 2.51. The highest BCUT2D eigenvalue weighted by Crippen LogP contribution is 2.17. The van der Waals surface area contributed by atoms with Crippen LogP contribution in [0.15, 0.2) is 22.6 Å². The molecule has 0 aliphatic carbocycles. The molecule has 2 aromatic rings. The summed E-state index contributed by atoms with van der Waals surface area (Å²) in [5.41, 5.74) is 1.79. The van der Waals surface area contributed by atoms with Gasteiger partial charge in [0.1, 0.15) is 5.52 Å². The molecule has 1 aromatic heterocycles. The minimum Gasteiger partial charge on any atom is -0.434 e. The van der Waals surface area contributed by atoms with Crippen molar-refractivity contribution in [2.45, 2.75) is 6.61 Å². The molecule has 5 heteroatoms. The molecule has 4 nitrogen and oxygen atoms in total. The van der Waals surface area contributed by atoms with Crippen molar-refractivity contribution in [1.29, 1.82) is 0 Å². The summed E-state index contributed by atoms with van der Waals surface area (Å²) < 4.78 is 5.19. The molecule has 0 saturated carbocycles. The van der Waals surface area contributed by atoms with Gasteiger partial charge in [0.15, 0.2) is 5.58 Å². The number of carbonyl (C=O) groups excluding carboxylic acids is 1. The number of aliphatic hydroxyl groups is 1. The van der Waals surface area contributed by atoms with Crippen molar-refractivity contribution in [2.24, 2.45) is 0 Å². The van der Waals surface area contributed by atoms with E-state index in [0.717, 1.165) is 5.56 Å². The second kappa shape index (κ2) is 4.00. The standard InChI is InChI=1S/C10H8ClNO3/c11-4-8(14)10-12-7-3-6(5-13)1-2-9(7)15-10/h1-3,13H,4-5H2. The van der Waals surface area contributed by atoms with Crippen LogP contribution in [-0.4, -0.2) is 21.8 Å². The molecule has 0 aliphatic rings. The molecule has 0 unspecified atom stereocenters. The lowest BCUT2D eigenvalue weighted by molar-refractivity contribution is 0.0986. The molecule has 15 heavy (non-hydrogen) atoms. The van der Waals surface area contributed by atoms with Crippen LogP contribution in [0.2, 0.25) is 0 Å². The number of alkyl halides is 1. The Bertz CT molecular complexity index is 506. The van der Waals surface area contributed by atoms with E-state index in [2.05, 4.69) is 4.98 Å². The summed E-state index contributed by atoms with van der Waals surface area (Å²) in [6.07, 6.45) is 0. The van der Waals surface area contributed by atoms with Crippen LogP contribution in [0.5, 0.6) is 0 Å². The van der Waals surface area contributed by atoms with Crippen LogP contribution in [-0.2, 0) is 6.61 Å². The van der Waals surface area contributed by atoms with Crippen molar-refractivity contribution in [3.63, 3.8) is 0 Å². The summed E-state index contributed by atoms with van der Waals surface area (Å²) in [5, 5.41) is 8.91. The van der Waals surface area contributed by atoms with E-state index in [1.165, 1.54) is 0 Å². The third kappa shape index (κ3) is 1.86. The molecule has 1 heterocycles. The first-order valence-electron chi connectivity index (χ1n) is 4.34. The summed E-state index contributed by atoms with van der Waals surface area (Å²) in [5.74, 6) is -0.492. The molecule has 0 bridgehead atoms. The van der Waals surface area contributed by atoms with E-state index >= 15 is 0 Å². The van der Waals surface area contributed by atoms with Gasteiger partial charge in [0, 0.05) is 0 Å². The number of Topliss-reactive ketones (excluding diaryl/α,β-unsaturated/α-hetero) is 1. The number of fused-ring (bicyclic) bond motifs is 1. The zero-order chi connectivity index (χ0) is 10.8. The van der Waals surface area contributed by atoms with Crippen LogP contribution in [0.3, 0.4) is 0 Å². The van der Waals surface area contributed by atoms with Gasteiger partial charge in [0.25, 0.3) is 5.89 Å². The average molecular weight is 226 g/mol. The zero-order valence-electron chi connectivity index (χ0n) is 7.74. The molecular formula is C10H8ClNO3. The molecule has 0 aliphatic heterocycles. The second-order valence-electron chi connectivity index (χ2n) is 3.04. The fourth-order valence-corrected chi connectivity index (χ4v) is 1.36. The summed E-state index contributed by atoms with van der Waals surface area (Å²) in [6, 6.07) is 5.05. The number of ketones is 1. The van der Waals surface area contributed by atoms with Gasteiger partial charge in [-0.15, -0.1) is 11.6 Å². The predicted molar refractivity (Wildman–Crippen MR) is 55.0 cm³/mol. The van der Waals surface area contributed by atoms with Crippen molar-refractivity contribution in [1.82, 2.24) is 4.98 Å². The number of benzene rings is 1. The number of halogens is 1. The van der Waals surface area contributed by atoms with Crippen molar-refractivity contribution < 1.29 is 14.3 Å². The number of hydrogen-bond donors (Lipinski definition) is 1. The zero-order valence-corrected chi connectivity index (χ0v) is 8.49. The van der Waals surface area contributed by atoms with Crippen LogP contribution in [0.25, 0.3) is 11.1 Å². The summed E-state index contributed by atoms with van der Waals surface area (Å²) in [7, 11) is 0. The molecular weight excluding hydrogens is 218 g/mol. The molecule has 0 radical (unpaired) electrons. The fourth-order valence-electron chi connectivity index (χ4n) is 1.25. The predicted octanol–water partition coefficient (Wildman–Crippen LogP) is 1.74. The molecule has 0 saturated heterocycles. The van der Waals surface area contributed by atoms with Crippen LogP contribution in [0.4, 0.5) is 0 Å². The van der Waals surface area contributed by atoms with Gasteiger partial charge < -0.3 is 9.52 Å². The smallest absolute Gasteiger partial charge is 0.265 e. The summed E-state index contributed by atoms with van der Waals surface area (Å²) in [4.78, 5) is 15.2. The number of hydrogen-bond acceptors (Lipinski definition) is 4. The Morgan fingerprint density at radius 3 is 3.00 bits per heavy atom. The van der Waals surface area contributed by atoms with Gasteiger partial charge in [-0.1, -0.05) is 6.07 Å². The van der Waals surface area contributed by atoms with Gasteiger partial charge in [0.2, 0.25) is 5.78 Å². The molecule has 0 atom stereocenters. The van der Waals surface area contributed by atoms with Crippen LogP contribution in [0, 0.1) is 0 Å². The van der Waals surface area contributed by atoms with E-state index in [0.29, 0.717) is 11.1 Å². The van der Waals surface area contributed by atoms with Crippen LogP contribution >= 0.6 is 11.6 Å². The quantitative estimate of drug-likeness (QED) is 0.639. The van der Waals surface area contributed by atoms with Crippen molar-refractivity contribution >= 4 is 28.5 Å². The Morgan fingerprint density at radius 1 is 1.53 bits per heavy atom. The topological polar surface area (TPSA) is 63.3 Å². The van der Waals surface area contributed by atoms with Crippen LogP contribution in [0.1, 0.15) is 16.2 Å². The first-order valence-corrected chi connectivity index (χ1v) is 4.87. The molecule has 0 fully saturated rings. The van der Waals surface area contributed by atoms with Gasteiger partial charge in [-0.05, 0) is 17.7 Å². The minimum absolute atomic E-state index is 0.00934. The normalized spacial score (nSPS) is 10.8. The van der Waals surface area contributed by atoms with E-state index in [4.69, 9.17) is 21.1 Å². The number of oxazole rings is 1. The molecule has 0 amide bonds. The van der Waals surface area contributed by atoms with Crippen molar-refractivity contribution in [2.75, 3.05) is 5.88 Å². The maximum Gasteiger partial charge on any atom is 0.265 e. The van der Waals surface area contributed by atoms with E-state index in [1.807, 2.05) is 0 Å². The highest BCUT2D eigenvalue weighted by molar-refractivity contribution is 6.29. The third-order valence-electron chi connectivity index (χ3n) is 1.99. The highest BCUT2D eigenvalue weighted by atomic mass is 35.5. The molecule has 1 N–H and O–H groups in total. The molecule has 78 valence electrons. The van der Waals surface area contributed by atoms with E-state index in [-0.39, 0.29) is 24.2 Å². The Morgan fingerprint density at radius 2 is 2.33 bits per heavy atom. The first kappa shape index (κ1) is 10.1. The maximum atomic E-state index is 11.2. The van der Waals surface area contributed by atoms with Crippen molar-refractivity contribution in [3.05, 3.63) is 29.7 Å². The monoisotopic (exact) mass is 225 g/mol. The Hall–Kier alpha value is -1.39. The SMILES string of the molecule is O=C(CCl)c1nc2cc(CO)ccc2o1. The second-order valence-corrected chi connectivity index (χ2v) is 3.30. The van der Waals surface area contributed by atoms with Gasteiger partial charge in [-0.25, -0.2) is 4.98 Å². The molecule has 2 rings (SSSR count). The largest absolute Gasteiger partial charge is 0.434 e. The number of carbonyl (C=O) groups is 1. The maximum absolute atomic E-state index is 11.2. The molecule has 1 aromatic carbocycles. The van der Waals surface area contributed by atoms with E-state index in [1.54, 1.807) is 18.2 Å². The summed E-state index contributed by atoms with van der Waals surface area (Å²) >= 11 is 5.38. The lowest BCUT2D eigenvalue weighted by Gasteiger charge is -1.92. The lowest BCUT2D eigenvalue weighted by Crippen LogP contribution is -1.99. The number of nitrogens with zero attached hydrogens (tertiary/aromatic N) is 1. The number of aliphatic hydroxyl groups excluding tert-OH is 1. The highest BCUT2D eigenvalue weighted by Gasteiger charge is 2.12. The minimum atomic E-state index is -0.349. The lowest BCUT2D eigenvalue weighted by atomic mass is 10.2. The van der Waals surface area contributed by atoms with Gasteiger partial charge in [-0.3, -0.25) is 4.79 Å². The Labute approximate surface area is 90.5 Å². The van der Waals surface area contributed by atoms with Crippen molar-refractivity contribution in [3.8, 4) is 0 Å². The van der Waals surface area contributed by atoms with Gasteiger partial charge in [0.05, 0.1) is 12.5 Å². The van der Waals surface area contributed by atoms with Crippen LogP contribution < -0.4 is 0 Å². The number of rotatable bonds is 3. The number of aromatic nitrogens is 1. The van der Waals surface area contributed by atoms with E-state index < -0.39 is 0 Å². The van der Waals surface area contributed by atoms with Gasteiger partial charge in [-0.2, -0.15) is 0 Å².